The summed E-state index contributed by atoms with van der Waals surface area (Å²) in [6.07, 6.45) is 0.801. The summed E-state index contributed by atoms with van der Waals surface area (Å²) >= 11 is 6.07. The molecule has 2 rings (SSSR count). The van der Waals surface area contributed by atoms with Crippen LogP contribution in [0.1, 0.15) is 35.3 Å². The van der Waals surface area contributed by atoms with Gasteiger partial charge in [-0.15, -0.1) is 0 Å². The molecule has 1 atom stereocenters. The van der Waals surface area contributed by atoms with E-state index in [1.54, 1.807) is 18.2 Å². The molecule has 3 N–H and O–H groups in total. The summed E-state index contributed by atoms with van der Waals surface area (Å²) in [5.41, 5.74) is 7.61. The van der Waals surface area contributed by atoms with Crippen LogP contribution in [0.2, 0.25) is 5.02 Å². The van der Waals surface area contributed by atoms with Crippen molar-refractivity contribution in [3.8, 4) is 0 Å². The molecule has 2 aromatic rings. The number of benzene rings is 2. The van der Waals surface area contributed by atoms with Gasteiger partial charge in [-0.3, -0.25) is 4.79 Å². The van der Waals surface area contributed by atoms with Gasteiger partial charge < -0.3 is 11.1 Å². The van der Waals surface area contributed by atoms with Crippen molar-refractivity contribution >= 4 is 23.2 Å². The average molecular weight is 289 g/mol. The Labute approximate surface area is 123 Å². The minimum absolute atomic E-state index is 0.0406. The molecule has 0 aliphatic rings. The maximum atomic E-state index is 12.3. The van der Waals surface area contributed by atoms with E-state index in [2.05, 4.69) is 5.32 Å². The molecule has 0 fully saturated rings. The lowest BCUT2D eigenvalue weighted by molar-refractivity contribution is 0.0936. The van der Waals surface area contributed by atoms with Crippen LogP contribution in [0.3, 0.4) is 0 Å². The molecular weight excluding hydrogens is 272 g/mol. The van der Waals surface area contributed by atoms with E-state index in [0.29, 0.717) is 16.3 Å². The highest BCUT2D eigenvalue weighted by Gasteiger charge is 2.16. The quantitative estimate of drug-likeness (QED) is 0.841. The second-order valence-corrected chi connectivity index (χ2v) is 4.93. The van der Waals surface area contributed by atoms with Gasteiger partial charge in [0.2, 0.25) is 0 Å². The van der Waals surface area contributed by atoms with Crippen molar-refractivity contribution in [2.45, 2.75) is 19.4 Å². The number of hydrogen-bond donors (Lipinski definition) is 2. The first-order chi connectivity index (χ1) is 9.63. The molecule has 0 aliphatic carbocycles. The fourth-order valence-corrected chi connectivity index (χ4v) is 2.28. The number of carbonyl (C=O) groups excluding carboxylic acids is 1. The second kappa shape index (κ2) is 6.44. The molecule has 0 spiro atoms. The fraction of sp³-hybridized carbons (Fsp3) is 0.188. The summed E-state index contributed by atoms with van der Waals surface area (Å²) in [6.45, 7) is 2.03. The minimum atomic E-state index is -0.210. The standard InChI is InChI=1S/C16H17ClN2O/c1-2-14(11-7-4-3-5-8-11)19-16(20)12-9-6-10-13(18)15(12)17/h3-10,14H,2,18H2,1H3,(H,19,20). The Morgan fingerprint density at radius 1 is 1.20 bits per heavy atom. The van der Waals surface area contributed by atoms with E-state index in [1.807, 2.05) is 37.3 Å². The number of nitrogen functional groups attached to an aromatic ring is 1. The molecule has 0 aromatic heterocycles. The minimum Gasteiger partial charge on any atom is -0.398 e. The molecule has 104 valence electrons. The molecule has 3 nitrogen and oxygen atoms in total. The number of nitrogens with one attached hydrogen (secondary N) is 1. The van der Waals surface area contributed by atoms with Crippen LogP contribution in [0.4, 0.5) is 5.69 Å². The zero-order valence-corrected chi connectivity index (χ0v) is 12.0. The van der Waals surface area contributed by atoms with E-state index >= 15 is 0 Å². The summed E-state index contributed by atoms with van der Waals surface area (Å²) in [7, 11) is 0. The number of amides is 1. The number of carbonyl (C=O) groups is 1. The lowest BCUT2D eigenvalue weighted by Gasteiger charge is -2.18. The average Bonchev–Trinajstić information content (AvgIpc) is 2.48. The molecule has 0 saturated heterocycles. The van der Waals surface area contributed by atoms with Crippen molar-refractivity contribution in [2.75, 3.05) is 5.73 Å². The lowest BCUT2D eigenvalue weighted by atomic mass is 10.0. The first-order valence-corrected chi connectivity index (χ1v) is 6.91. The summed E-state index contributed by atoms with van der Waals surface area (Å²) in [5.74, 6) is -0.210. The van der Waals surface area contributed by atoms with Crippen LogP contribution in [-0.2, 0) is 0 Å². The maximum Gasteiger partial charge on any atom is 0.253 e. The highest BCUT2D eigenvalue weighted by atomic mass is 35.5. The Morgan fingerprint density at radius 3 is 2.55 bits per heavy atom. The second-order valence-electron chi connectivity index (χ2n) is 4.55. The third-order valence-corrected chi connectivity index (χ3v) is 3.61. The fourth-order valence-electron chi connectivity index (χ4n) is 2.07. The van der Waals surface area contributed by atoms with Crippen molar-refractivity contribution < 1.29 is 4.79 Å². The maximum absolute atomic E-state index is 12.3. The van der Waals surface area contributed by atoms with Gasteiger partial charge in [0.25, 0.3) is 5.91 Å². The van der Waals surface area contributed by atoms with Gasteiger partial charge in [0, 0.05) is 0 Å². The molecule has 1 unspecified atom stereocenters. The predicted molar refractivity (Wildman–Crippen MR) is 82.8 cm³/mol. The van der Waals surface area contributed by atoms with E-state index in [4.69, 9.17) is 17.3 Å². The Morgan fingerprint density at radius 2 is 1.90 bits per heavy atom. The van der Waals surface area contributed by atoms with Crippen LogP contribution in [0, 0.1) is 0 Å². The SMILES string of the molecule is CCC(NC(=O)c1cccc(N)c1Cl)c1ccccc1. The molecule has 0 radical (unpaired) electrons. The van der Waals surface area contributed by atoms with Crippen molar-refractivity contribution in [1.82, 2.24) is 5.32 Å². The number of nitrogens with two attached hydrogens (primary N) is 1. The van der Waals surface area contributed by atoms with Crippen molar-refractivity contribution in [3.63, 3.8) is 0 Å². The van der Waals surface area contributed by atoms with E-state index in [0.717, 1.165) is 12.0 Å². The third-order valence-electron chi connectivity index (χ3n) is 3.19. The molecular formula is C16H17ClN2O. The molecule has 20 heavy (non-hydrogen) atoms. The van der Waals surface area contributed by atoms with E-state index in [9.17, 15) is 4.79 Å². The first kappa shape index (κ1) is 14.4. The van der Waals surface area contributed by atoms with Crippen LogP contribution >= 0.6 is 11.6 Å². The summed E-state index contributed by atoms with van der Waals surface area (Å²) in [4.78, 5) is 12.3. The van der Waals surface area contributed by atoms with Gasteiger partial charge in [0.05, 0.1) is 22.3 Å². The van der Waals surface area contributed by atoms with Crippen LogP contribution in [0.5, 0.6) is 0 Å². The summed E-state index contributed by atoms with van der Waals surface area (Å²) in [6, 6.07) is 14.9. The lowest BCUT2D eigenvalue weighted by Crippen LogP contribution is -2.28. The van der Waals surface area contributed by atoms with Crippen molar-refractivity contribution in [3.05, 3.63) is 64.7 Å². The number of rotatable bonds is 4. The number of anilines is 1. The van der Waals surface area contributed by atoms with Gasteiger partial charge >= 0.3 is 0 Å². The van der Waals surface area contributed by atoms with Gasteiger partial charge in [-0.1, -0.05) is 54.9 Å². The van der Waals surface area contributed by atoms with E-state index in [-0.39, 0.29) is 11.9 Å². The Bertz CT molecular complexity index is 599. The third kappa shape index (κ3) is 3.11. The predicted octanol–water partition coefficient (Wildman–Crippen LogP) is 3.80. The summed E-state index contributed by atoms with van der Waals surface area (Å²) < 4.78 is 0. The molecule has 1 amide bonds. The normalized spacial score (nSPS) is 11.9. The molecule has 0 aliphatic heterocycles. The molecule has 2 aromatic carbocycles. The highest BCUT2D eigenvalue weighted by Crippen LogP contribution is 2.24. The van der Waals surface area contributed by atoms with Crippen LogP contribution in [-0.4, -0.2) is 5.91 Å². The number of hydrogen-bond acceptors (Lipinski definition) is 2. The molecule has 0 heterocycles. The van der Waals surface area contributed by atoms with Crippen molar-refractivity contribution in [1.29, 1.82) is 0 Å². The van der Waals surface area contributed by atoms with Gasteiger partial charge in [0.1, 0.15) is 0 Å². The zero-order chi connectivity index (χ0) is 14.5. The molecule has 0 bridgehead atoms. The Kier molecular flexibility index (Phi) is 4.64. The zero-order valence-electron chi connectivity index (χ0n) is 11.3. The Balaban J connectivity index is 2.20. The monoisotopic (exact) mass is 288 g/mol. The molecule has 4 heteroatoms. The summed E-state index contributed by atoms with van der Waals surface area (Å²) in [5, 5.41) is 3.29. The Hall–Kier alpha value is -2.00. The smallest absolute Gasteiger partial charge is 0.253 e. The van der Waals surface area contributed by atoms with Gasteiger partial charge in [0.15, 0.2) is 0 Å². The number of halogens is 1. The van der Waals surface area contributed by atoms with Crippen molar-refractivity contribution in [2.24, 2.45) is 0 Å². The van der Waals surface area contributed by atoms with Gasteiger partial charge in [-0.05, 0) is 24.1 Å². The highest BCUT2D eigenvalue weighted by molar-refractivity contribution is 6.36. The molecule has 0 saturated carbocycles. The van der Waals surface area contributed by atoms with E-state index < -0.39 is 0 Å². The van der Waals surface area contributed by atoms with Crippen LogP contribution < -0.4 is 11.1 Å². The first-order valence-electron chi connectivity index (χ1n) is 6.53. The van der Waals surface area contributed by atoms with E-state index in [1.165, 1.54) is 0 Å². The largest absolute Gasteiger partial charge is 0.398 e. The topological polar surface area (TPSA) is 55.1 Å². The van der Waals surface area contributed by atoms with Gasteiger partial charge in [-0.2, -0.15) is 0 Å². The van der Waals surface area contributed by atoms with Gasteiger partial charge in [-0.25, -0.2) is 0 Å². The van der Waals surface area contributed by atoms with Crippen LogP contribution in [0.15, 0.2) is 48.5 Å². The van der Waals surface area contributed by atoms with Crippen LogP contribution in [0.25, 0.3) is 0 Å².